The van der Waals surface area contributed by atoms with Crippen molar-refractivity contribution in [2.75, 3.05) is 6.61 Å². The van der Waals surface area contributed by atoms with Gasteiger partial charge in [0.05, 0.1) is 10.4 Å². The maximum Gasteiger partial charge on any atom is 0.258 e. The van der Waals surface area contributed by atoms with E-state index in [1.807, 2.05) is 43.3 Å². The van der Waals surface area contributed by atoms with Gasteiger partial charge >= 0.3 is 0 Å². The fourth-order valence-corrected chi connectivity index (χ4v) is 3.44. The third kappa shape index (κ3) is 4.62. The zero-order chi connectivity index (χ0) is 21.8. The van der Waals surface area contributed by atoms with Crippen LogP contribution in [-0.4, -0.2) is 12.5 Å². The summed E-state index contributed by atoms with van der Waals surface area (Å²) < 4.78 is 11.7. The van der Waals surface area contributed by atoms with Crippen molar-refractivity contribution >= 4 is 28.5 Å². The number of aryl methyl sites for hydroxylation is 1. The Kier molecular flexibility index (Phi) is 6.05. The van der Waals surface area contributed by atoms with Crippen molar-refractivity contribution in [3.63, 3.8) is 0 Å². The zero-order valence-corrected chi connectivity index (χ0v) is 17.6. The van der Waals surface area contributed by atoms with E-state index in [0.717, 1.165) is 11.1 Å². The molecule has 0 aliphatic heterocycles. The van der Waals surface area contributed by atoms with Gasteiger partial charge in [0, 0.05) is 12.1 Å². The second kappa shape index (κ2) is 9.06. The van der Waals surface area contributed by atoms with Gasteiger partial charge in [-0.05, 0) is 42.3 Å². The van der Waals surface area contributed by atoms with Crippen LogP contribution >= 0.6 is 11.6 Å². The van der Waals surface area contributed by atoms with Crippen molar-refractivity contribution in [1.82, 2.24) is 5.32 Å². The van der Waals surface area contributed by atoms with Crippen molar-refractivity contribution in [2.45, 2.75) is 13.5 Å². The normalized spacial score (nSPS) is 10.8. The molecule has 0 saturated heterocycles. The predicted molar refractivity (Wildman–Crippen MR) is 121 cm³/mol. The molecule has 5 nitrogen and oxygen atoms in total. The van der Waals surface area contributed by atoms with E-state index < -0.39 is 0 Å². The first kappa shape index (κ1) is 20.7. The minimum Gasteiger partial charge on any atom is -0.476 e. The highest BCUT2D eigenvalue weighted by atomic mass is 35.5. The van der Waals surface area contributed by atoms with Gasteiger partial charge in [0.1, 0.15) is 5.58 Å². The Hall–Kier alpha value is -3.57. The molecule has 3 aromatic carbocycles. The number of ether oxygens (including phenoxy) is 1. The molecule has 0 saturated carbocycles. The standard InChI is InChI=1S/C25H20ClNO4/c1-16-11-12-19-21(13-16)31-24(18-9-5-6-10-20(18)26)25(23(19)29)30-15-22(28)27-14-17-7-3-2-4-8-17/h2-13H,14-15H2,1H3,(H,27,28). The Labute approximate surface area is 184 Å². The minimum atomic E-state index is -0.355. The van der Waals surface area contributed by atoms with E-state index in [1.54, 1.807) is 36.4 Å². The zero-order valence-electron chi connectivity index (χ0n) is 16.9. The average molecular weight is 434 g/mol. The molecule has 1 aromatic heterocycles. The van der Waals surface area contributed by atoms with Crippen molar-refractivity contribution in [3.05, 3.63) is 99.2 Å². The largest absolute Gasteiger partial charge is 0.476 e. The molecular formula is C25H20ClNO4. The highest BCUT2D eigenvalue weighted by molar-refractivity contribution is 6.33. The molecule has 31 heavy (non-hydrogen) atoms. The van der Waals surface area contributed by atoms with Crippen LogP contribution in [0.2, 0.25) is 5.02 Å². The Bertz CT molecular complexity index is 1300. The minimum absolute atomic E-state index is 0.0423. The van der Waals surface area contributed by atoms with E-state index in [-0.39, 0.29) is 29.5 Å². The van der Waals surface area contributed by atoms with Gasteiger partial charge in [-0.3, -0.25) is 9.59 Å². The van der Waals surface area contributed by atoms with Gasteiger partial charge in [-0.25, -0.2) is 0 Å². The lowest BCUT2D eigenvalue weighted by Crippen LogP contribution is -2.29. The van der Waals surface area contributed by atoms with Gasteiger partial charge in [-0.15, -0.1) is 0 Å². The SMILES string of the molecule is Cc1ccc2c(=O)c(OCC(=O)NCc3ccccc3)c(-c3ccccc3Cl)oc2c1. The molecule has 6 heteroatoms. The number of amides is 1. The van der Waals surface area contributed by atoms with Crippen LogP contribution in [0.3, 0.4) is 0 Å². The van der Waals surface area contributed by atoms with E-state index >= 15 is 0 Å². The lowest BCUT2D eigenvalue weighted by molar-refractivity contribution is -0.123. The summed E-state index contributed by atoms with van der Waals surface area (Å²) in [4.78, 5) is 25.5. The van der Waals surface area contributed by atoms with E-state index in [9.17, 15) is 9.59 Å². The third-order valence-electron chi connectivity index (χ3n) is 4.80. The van der Waals surface area contributed by atoms with E-state index in [4.69, 9.17) is 20.8 Å². The number of benzene rings is 3. The Morgan fingerprint density at radius 1 is 1.03 bits per heavy atom. The fraction of sp³-hybridized carbons (Fsp3) is 0.120. The molecule has 4 rings (SSSR count). The summed E-state index contributed by atoms with van der Waals surface area (Å²) in [7, 11) is 0. The van der Waals surface area contributed by atoms with Crippen molar-refractivity contribution in [3.8, 4) is 17.1 Å². The number of nitrogens with one attached hydrogen (secondary N) is 1. The molecule has 0 fully saturated rings. The highest BCUT2D eigenvalue weighted by Crippen LogP contribution is 2.35. The van der Waals surface area contributed by atoms with Crippen LogP contribution in [0.25, 0.3) is 22.3 Å². The molecule has 0 bridgehead atoms. The van der Waals surface area contributed by atoms with Crippen molar-refractivity contribution in [2.24, 2.45) is 0 Å². The van der Waals surface area contributed by atoms with Gasteiger partial charge in [0.25, 0.3) is 5.91 Å². The van der Waals surface area contributed by atoms with Crippen LogP contribution in [0.5, 0.6) is 5.75 Å². The molecule has 1 heterocycles. The first-order valence-corrected chi connectivity index (χ1v) is 10.2. The smallest absolute Gasteiger partial charge is 0.258 e. The van der Waals surface area contributed by atoms with Crippen molar-refractivity contribution < 1.29 is 13.9 Å². The number of carbonyl (C=O) groups excluding carboxylic acids is 1. The summed E-state index contributed by atoms with van der Waals surface area (Å²) in [6, 6.07) is 21.8. The molecular weight excluding hydrogens is 414 g/mol. The predicted octanol–water partition coefficient (Wildman–Crippen LogP) is 5.12. The summed E-state index contributed by atoms with van der Waals surface area (Å²) in [6.07, 6.45) is 0. The number of carbonyl (C=O) groups is 1. The van der Waals surface area contributed by atoms with E-state index in [2.05, 4.69) is 5.32 Å². The maximum absolute atomic E-state index is 13.2. The summed E-state index contributed by atoms with van der Waals surface area (Å²) in [6.45, 7) is 1.95. The summed E-state index contributed by atoms with van der Waals surface area (Å²) in [5.41, 5.74) is 2.51. The van der Waals surface area contributed by atoms with Crippen LogP contribution in [0.1, 0.15) is 11.1 Å². The van der Waals surface area contributed by atoms with Gasteiger partial charge < -0.3 is 14.5 Å². The molecule has 1 N–H and O–H groups in total. The summed E-state index contributed by atoms with van der Waals surface area (Å²) in [5.74, 6) is -0.193. The molecule has 0 unspecified atom stereocenters. The third-order valence-corrected chi connectivity index (χ3v) is 5.13. The molecule has 1 amide bonds. The lowest BCUT2D eigenvalue weighted by atomic mass is 10.1. The van der Waals surface area contributed by atoms with E-state index in [0.29, 0.717) is 28.1 Å². The van der Waals surface area contributed by atoms with Crippen LogP contribution in [0.15, 0.2) is 82.0 Å². The lowest BCUT2D eigenvalue weighted by Gasteiger charge is -2.13. The van der Waals surface area contributed by atoms with Crippen LogP contribution in [-0.2, 0) is 11.3 Å². The Morgan fingerprint density at radius 3 is 2.55 bits per heavy atom. The number of fused-ring (bicyclic) bond motifs is 1. The number of rotatable bonds is 6. The Balaban J connectivity index is 1.65. The summed E-state index contributed by atoms with van der Waals surface area (Å²) in [5, 5.41) is 3.57. The average Bonchev–Trinajstić information content (AvgIpc) is 2.78. The second-order valence-electron chi connectivity index (χ2n) is 7.12. The molecule has 0 atom stereocenters. The molecule has 4 aromatic rings. The summed E-state index contributed by atoms with van der Waals surface area (Å²) >= 11 is 6.35. The number of halogens is 1. The second-order valence-corrected chi connectivity index (χ2v) is 7.53. The van der Waals surface area contributed by atoms with E-state index in [1.165, 1.54) is 0 Å². The highest BCUT2D eigenvalue weighted by Gasteiger charge is 2.20. The molecule has 0 spiro atoms. The monoisotopic (exact) mass is 433 g/mol. The van der Waals surface area contributed by atoms with Crippen LogP contribution in [0, 0.1) is 6.92 Å². The molecule has 0 aliphatic carbocycles. The molecule has 0 radical (unpaired) electrons. The van der Waals surface area contributed by atoms with Crippen LogP contribution < -0.4 is 15.5 Å². The van der Waals surface area contributed by atoms with Crippen molar-refractivity contribution in [1.29, 1.82) is 0 Å². The topological polar surface area (TPSA) is 68.5 Å². The van der Waals surface area contributed by atoms with Gasteiger partial charge in [-0.1, -0.05) is 60.1 Å². The first-order valence-electron chi connectivity index (χ1n) is 9.79. The van der Waals surface area contributed by atoms with Gasteiger partial charge in [0.2, 0.25) is 11.2 Å². The molecule has 0 aliphatic rings. The quantitative estimate of drug-likeness (QED) is 0.458. The number of hydrogen-bond donors (Lipinski definition) is 1. The maximum atomic E-state index is 13.2. The van der Waals surface area contributed by atoms with Gasteiger partial charge in [0.15, 0.2) is 12.4 Å². The van der Waals surface area contributed by atoms with Crippen LogP contribution in [0.4, 0.5) is 0 Å². The van der Waals surface area contributed by atoms with Gasteiger partial charge in [-0.2, -0.15) is 0 Å². The Morgan fingerprint density at radius 2 is 1.77 bits per heavy atom. The number of hydrogen-bond acceptors (Lipinski definition) is 4. The molecule has 156 valence electrons. The first-order chi connectivity index (χ1) is 15.0. The fourth-order valence-electron chi connectivity index (χ4n) is 3.22.